The number of nitrogen functional groups attached to an aromatic ring is 1. The van der Waals surface area contributed by atoms with Crippen molar-refractivity contribution in [1.82, 2.24) is 14.9 Å². The molecule has 1 amide bonds. The molecule has 0 bridgehead atoms. The van der Waals surface area contributed by atoms with Gasteiger partial charge in [-0.3, -0.25) is 13.3 Å². The van der Waals surface area contributed by atoms with Crippen molar-refractivity contribution >= 4 is 61.2 Å². The number of benzene rings is 1. The van der Waals surface area contributed by atoms with Gasteiger partial charge in [-0.2, -0.15) is 0 Å². The number of nitrogens with zero attached hydrogens (tertiary/aromatic N) is 5. The molecule has 3 aromatic rings. The number of ether oxygens (including phenoxy) is 2. The number of anilines is 3. The standard InChI is InChI=1S/C24H25F3N6O6S2/c1-38-22(35)17(10-14-9-13-3-5-29-20(28)15(13)11-18(14)39-24(25,26)27)32-8-4-16(21(32)34)33(41(36)37)19-12-30-23(40-19)31-6-2-7-31/h3,5,9,11-12,16-17H,2,4,6-8,10H2,1H3,(H2,28,29)(H,36,37)/p-1/t16-,17+/m0/s1. The Bertz CT molecular complexity index is 1500. The SMILES string of the molecule is COC(=O)[C@@H](Cc1cc2ccnc(N)c2cc1OC(F)(F)F)N1CC[C@H](N(c2cnc(N3CCC3)s2)S(=O)[O-])C1=O. The van der Waals surface area contributed by atoms with Crippen LogP contribution >= 0.6 is 11.3 Å². The maximum absolute atomic E-state index is 13.6. The van der Waals surface area contributed by atoms with Crippen LogP contribution in [0.1, 0.15) is 18.4 Å². The number of amides is 1. The number of nitrogens with two attached hydrogens (primary N) is 1. The molecule has 0 aliphatic carbocycles. The molecule has 1 aromatic carbocycles. The van der Waals surface area contributed by atoms with Gasteiger partial charge in [0.2, 0.25) is 5.91 Å². The Morgan fingerprint density at radius 2 is 2.07 bits per heavy atom. The van der Waals surface area contributed by atoms with E-state index in [0.717, 1.165) is 53.2 Å². The van der Waals surface area contributed by atoms with Gasteiger partial charge in [0, 0.05) is 48.9 Å². The highest BCUT2D eigenvalue weighted by atomic mass is 32.2. The molecule has 1 unspecified atom stereocenters. The molecule has 0 radical (unpaired) electrons. The molecule has 0 saturated carbocycles. The predicted octanol–water partition coefficient (Wildman–Crippen LogP) is 2.37. The number of thiazole rings is 1. The summed E-state index contributed by atoms with van der Waals surface area (Å²) in [5, 5.41) is 1.50. The summed E-state index contributed by atoms with van der Waals surface area (Å²) in [7, 11) is 1.08. The number of carbonyl (C=O) groups excluding carboxylic acids is 2. The smallest absolute Gasteiger partial charge is 0.573 e. The monoisotopic (exact) mass is 613 g/mol. The summed E-state index contributed by atoms with van der Waals surface area (Å²) in [5.41, 5.74) is 5.79. The van der Waals surface area contributed by atoms with Gasteiger partial charge in [0.1, 0.15) is 28.7 Å². The van der Waals surface area contributed by atoms with Gasteiger partial charge >= 0.3 is 12.3 Å². The van der Waals surface area contributed by atoms with Crippen LogP contribution in [-0.2, 0) is 32.0 Å². The first-order valence-electron chi connectivity index (χ1n) is 12.4. The van der Waals surface area contributed by atoms with Crippen molar-refractivity contribution in [3.05, 3.63) is 36.2 Å². The number of rotatable bonds is 9. The molecule has 220 valence electrons. The van der Waals surface area contributed by atoms with Gasteiger partial charge in [-0.1, -0.05) is 11.3 Å². The number of methoxy groups -OCH3 is 1. The molecule has 3 atom stereocenters. The molecule has 2 saturated heterocycles. The number of esters is 1. The predicted molar refractivity (Wildman–Crippen MR) is 143 cm³/mol. The van der Waals surface area contributed by atoms with Crippen LogP contribution < -0.4 is 19.7 Å². The van der Waals surface area contributed by atoms with Crippen LogP contribution in [0.5, 0.6) is 5.75 Å². The first kappa shape index (κ1) is 28.8. The molecule has 41 heavy (non-hydrogen) atoms. The Kier molecular flexibility index (Phi) is 7.93. The van der Waals surface area contributed by atoms with Crippen molar-refractivity contribution in [2.45, 2.75) is 37.7 Å². The van der Waals surface area contributed by atoms with Gasteiger partial charge in [0.15, 0.2) is 5.13 Å². The highest BCUT2D eigenvalue weighted by Gasteiger charge is 2.44. The summed E-state index contributed by atoms with van der Waals surface area (Å²) in [6.45, 7) is 1.54. The molecular weight excluding hydrogens is 589 g/mol. The molecule has 0 spiro atoms. The first-order valence-corrected chi connectivity index (χ1v) is 14.2. The van der Waals surface area contributed by atoms with E-state index in [2.05, 4.69) is 14.7 Å². The molecule has 4 heterocycles. The first-order chi connectivity index (χ1) is 19.5. The number of likely N-dealkylation sites (tertiary alicyclic amines) is 1. The number of pyridine rings is 1. The normalized spacial score (nSPS) is 18.8. The van der Waals surface area contributed by atoms with Crippen molar-refractivity contribution in [3.63, 3.8) is 0 Å². The van der Waals surface area contributed by atoms with E-state index in [4.69, 9.17) is 10.5 Å². The van der Waals surface area contributed by atoms with Gasteiger partial charge in [-0.15, -0.1) is 13.2 Å². The number of alkyl halides is 3. The van der Waals surface area contributed by atoms with Crippen LogP contribution in [0, 0.1) is 0 Å². The van der Waals surface area contributed by atoms with E-state index < -0.39 is 53.8 Å². The minimum absolute atomic E-state index is 0.0193. The zero-order valence-electron chi connectivity index (χ0n) is 21.5. The quantitative estimate of drug-likeness (QED) is 0.281. The van der Waals surface area contributed by atoms with Crippen LogP contribution in [-0.4, -0.2) is 80.7 Å². The summed E-state index contributed by atoms with van der Waals surface area (Å²) in [6, 6.07) is 1.42. The Labute approximate surface area is 238 Å². The third-order valence-electron chi connectivity index (χ3n) is 6.95. The lowest BCUT2D eigenvalue weighted by Crippen LogP contribution is -2.49. The third kappa shape index (κ3) is 5.87. The van der Waals surface area contributed by atoms with Crippen molar-refractivity contribution in [3.8, 4) is 5.75 Å². The highest BCUT2D eigenvalue weighted by molar-refractivity contribution is 7.81. The fraction of sp³-hybridized carbons (Fsp3) is 0.417. The fourth-order valence-corrected chi connectivity index (χ4v) is 6.69. The Balaban J connectivity index is 1.46. The van der Waals surface area contributed by atoms with E-state index in [1.165, 1.54) is 24.5 Å². The van der Waals surface area contributed by atoms with Crippen molar-refractivity contribution in [1.29, 1.82) is 0 Å². The second-order valence-corrected chi connectivity index (χ2v) is 11.2. The number of fused-ring (bicyclic) bond motifs is 1. The zero-order chi connectivity index (χ0) is 29.5. The van der Waals surface area contributed by atoms with E-state index in [1.807, 2.05) is 4.90 Å². The number of aromatic nitrogens is 2. The molecule has 5 rings (SSSR count). The van der Waals surface area contributed by atoms with Gasteiger partial charge in [0.25, 0.3) is 0 Å². The van der Waals surface area contributed by atoms with Crippen LogP contribution in [0.4, 0.5) is 29.1 Å². The maximum Gasteiger partial charge on any atom is 0.573 e. The van der Waals surface area contributed by atoms with Crippen molar-refractivity contribution in [2.75, 3.05) is 41.7 Å². The summed E-state index contributed by atoms with van der Waals surface area (Å²) in [4.78, 5) is 37.8. The molecule has 2 aromatic heterocycles. The minimum atomic E-state index is -5.06. The molecule has 17 heteroatoms. The van der Waals surface area contributed by atoms with Crippen LogP contribution in [0.2, 0.25) is 0 Å². The van der Waals surface area contributed by atoms with E-state index in [-0.39, 0.29) is 34.7 Å². The van der Waals surface area contributed by atoms with Gasteiger partial charge in [-0.25, -0.2) is 14.8 Å². The van der Waals surface area contributed by atoms with E-state index >= 15 is 0 Å². The Hall–Kier alpha value is -3.70. The number of carbonyl (C=O) groups is 2. The summed E-state index contributed by atoms with van der Waals surface area (Å²) in [6.07, 6.45) is -1.69. The third-order valence-corrected chi connectivity index (χ3v) is 8.89. The van der Waals surface area contributed by atoms with Crippen molar-refractivity contribution in [2.24, 2.45) is 0 Å². The second kappa shape index (κ2) is 11.3. The number of hydrogen-bond donors (Lipinski definition) is 1. The lowest BCUT2D eigenvalue weighted by Gasteiger charge is -2.32. The van der Waals surface area contributed by atoms with E-state index in [9.17, 15) is 31.5 Å². The molecule has 2 fully saturated rings. The lowest BCUT2D eigenvalue weighted by atomic mass is 10.00. The summed E-state index contributed by atoms with van der Waals surface area (Å²) < 4.78 is 74.5. The summed E-state index contributed by atoms with van der Waals surface area (Å²) in [5.74, 6) is -2.23. The van der Waals surface area contributed by atoms with Gasteiger partial charge in [-0.05, 0) is 42.0 Å². The number of halogens is 3. The van der Waals surface area contributed by atoms with Crippen LogP contribution in [0.3, 0.4) is 0 Å². The number of hydrogen-bond acceptors (Lipinski definition) is 11. The second-order valence-electron chi connectivity index (χ2n) is 9.37. The highest BCUT2D eigenvalue weighted by Crippen LogP contribution is 2.37. The molecule has 2 N–H and O–H groups in total. The minimum Gasteiger partial charge on any atom is -0.755 e. The molecule has 2 aliphatic rings. The molecule has 2 aliphatic heterocycles. The van der Waals surface area contributed by atoms with Crippen molar-refractivity contribution < 1.29 is 41.0 Å². The van der Waals surface area contributed by atoms with E-state index in [1.54, 1.807) is 0 Å². The zero-order valence-corrected chi connectivity index (χ0v) is 23.1. The Morgan fingerprint density at radius 1 is 1.32 bits per heavy atom. The van der Waals surface area contributed by atoms with Gasteiger partial charge < -0.3 is 29.6 Å². The average Bonchev–Trinajstić information content (AvgIpc) is 3.48. The molecule has 12 nitrogen and oxygen atoms in total. The van der Waals surface area contributed by atoms with Gasteiger partial charge in [0.05, 0.1) is 13.3 Å². The lowest BCUT2D eigenvalue weighted by molar-refractivity contribution is -0.274. The average molecular weight is 614 g/mol. The van der Waals surface area contributed by atoms with Crippen LogP contribution in [0.15, 0.2) is 30.6 Å². The van der Waals surface area contributed by atoms with Crippen LogP contribution in [0.25, 0.3) is 10.8 Å². The fourth-order valence-electron chi connectivity index (χ4n) is 4.87. The summed E-state index contributed by atoms with van der Waals surface area (Å²) >= 11 is -1.73. The maximum atomic E-state index is 13.6. The molecular formula is C24H24F3N6O6S2-. The topological polar surface area (TPSA) is 154 Å². The van der Waals surface area contributed by atoms with E-state index in [0.29, 0.717) is 10.5 Å². The Morgan fingerprint density at radius 3 is 2.71 bits per heavy atom. The largest absolute Gasteiger partial charge is 0.755 e.